The van der Waals surface area contributed by atoms with Crippen LogP contribution in [0, 0.1) is 0 Å². The summed E-state index contributed by atoms with van der Waals surface area (Å²) in [6, 6.07) is 10.1. The van der Waals surface area contributed by atoms with Gasteiger partial charge in [-0.25, -0.2) is 0 Å². The van der Waals surface area contributed by atoms with Crippen LogP contribution in [0.15, 0.2) is 30.3 Å². The molecule has 3 rings (SSSR count). The molecule has 0 radical (unpaired) electrons. The fraction of sp³-hybridized carbons (Fsp3) is 0.600. The van der Waals surface area contributed by atoms with Crippen LogP contribution < -0.4 is 10.2 Å². The molecular formula is C20H29N3O6. The summed E-state index contributed by atoms with van der Waals surface area (Å²) in [4.78, 5) is 28.1. The van der Waals surface area contributed by atoms with E-state index in [9.17, 15) is 19.8 Å². The number of carbonyl (C=O) groups is 2. The van der Waals surface area contributed by atoms with Crippen molar-refractivity contribution >= 4 is 17.5 Å². The van der Waals surface area contributed by atoms with Crippen molar-refractivity contribution in [3.05, 3.63) is 30.3 Å². The molecule has 2 aliphatic rings. The first-order chi connectivity index (χ1) is 14.0. The molecule has 1 aromatic rings. The van der Waals surface area contributed by atoms with Gasteiger partial charge in [0.1, 0.15) is 24.9 Å². The van der Waals surface area contributed by atoms with Gasteiger partial charge >= 0.3 is 0 Å². The molecule has 2 aliphatic heterocycles. The lowest BCUT2D eigenvalue weighted by atomic mass is 10.0. The first kappa shape index (κ1) is 21.5. The summed E-state index contributed by atoms with van der Waals surface area (Å²) in [5, 5.41) is 23.0. The number of piperazine rings is 1. The van der Waals surface area contributed by atoms with Crippen LogP contribution in [0.4, 0.5) is 5.69 Å². The summed E-state index contributed by atoms with van der Waals surface area (Å²) in [6.45, 7) is 2.61. The van der Waals surface area contributed by atoms with Gasteiger partial charge in [0.05, 0.1) is 12.5 Å². The Morgan fingerprint density at radius 1 is 1.10 bits per heavy atom. The third kappa shape index (κ3) is 5.45. The molecule has 2 fully saturated rings. The molecule has 3 N–H and O–H groups in total. The Morgan fingerprint density at radius 3 is 2.41 bits per heavy atom. The molecule has 2 heterocycles. The quantitative estimate of drug-likeness (QED) is 0.530. The molecule has 29 heavy (non-hydrogen) atoms. The van der Waals surface area contributed by atoms with Crippen LogP contribution in [0.25, 0.3) is 0 Å². The molecule has 2 saturated heterocycles. The van der Waals surface area contributed by atoms with Crippen molar-refractivity contribution in [2.45, 2.75) is 30.8 Å². The lowest BCUT2D eigenvalue weighted by molar-refractivity contribution is -0.136. The molecule has 0 aromatic heterocycles. The van der Waals surface area contributed by atoms with Crippen LogP contribution in [-0.4, -0.2) is 97.8 Å². The molecule has 9 nitrogen and oxygen atoms in total. The van der Waals surface area contributed by atoms with Gasteiger partial charge in [-0.3, -0.25) is 9.59 Å². The Labute approximate surface area is 170 Å². The van der Waals surface area contributed by atoms with Crippen molar-refractivity contribution in [3.63, 3.8) is 0 Å². The number of hydrogen-bond donors (Lipinski definition) is 3. The van der Waals surface area contributed by atoms with E-state index in [-0.39, 0.29) is 31.4 Å². The second-order valence-corrected chi connectivity index (χ2v) is 7.34. The molecule has 9 heteroatoms. The van der Waals surface area contributed by atoms with E-state index in [4.69, 9.17) is 9.47 Å². The SMILES string of the molecule is COCC(=O)NC[C@@H]1O[C@@H](CC(=O)N2CCN(c3ccccc3)CC2)[C@H](O)[C@@H]1O. The van der Waals surface area contributed by atoms with Crippen LogP contribution in [0.5, 0.6) is 0 Å². The molecule has 4 atom stereocenters. The van der Waals surface area contributed by atoms with Gasteiger partial charge in [-0.2, -0.15) is 0 Å². The van der Waals surface area contributed by atoms with Crippen molar-refractivity contribution < 1.29 is 29.3 Å². The van der Waals surface area contributed by atoms with Gasteiger partial charge in [0.2, 0.25) is 11.8 Å². The maximum absolute atomic E-state index is 12.7. The summed E-state index contributed by atoms with van der Waals surface area (Å²) in [6.07, 6.45) is -3.90. The number of benzene rings is 1. The third-order valence-electron chi connectivity index (χ3n) is 5.37. The van der Waals surface area contributed by atoms with Gasteiger partial charge in [0.25, 0.3) is 0 Å². The molecule has 0 aliphatic carbocycles. The van der Waals surface area contributed by atoms with E-state index in [0.717, 1.165) is 18.8 Å². The molecule has 160 valence electrons. The second kappa shape index (κ2) is 10.0. The highest BCUT2D eigenvalue weighted by Gasteiger charge is 2.43. The number of ether oxygens (including phenoxy) is 2. The molecule has 2 amide bonds. The maximum Gasteiger partial charge on any atom is 0.246 e. The van der Waals surface area contributed by atoms with E-state index in [0.29, 0.717) is 13.1 Å². The largest absolute Gasteiger partial charge is 0.388 e. The zero-order valence-corrected chi connectivity index (χ0v) is 16.6. The highest BCUT2D eigenvalue weighted by molar-refractivity contribution is 5.77. The number of aliphatic hydroxyl groups is 2. The van der Waals surface area contributed by atoms with Crippen LogP contribution in [0.3, 0.4) is 0 Å². The minimum atomic E-state index is -1.17. The molecule has 0 unspecified atom stereocenters. The first-order valence-corrected chi connectivity index (χ1v) is 9.84. The monoisotopic (exact) mass is 407 g/mol. The second-order valence-electron chi connectivity index (χ2n) is 7.34. The van der Waals surface area contributed by atoms with Gasteiger partial charge in [0, 0.05) is 45.5 Å². The van der Waals surface area contributed by atoms with Crippen LogP contribution in [-0.2, 0) is 19.1 Å². The molecule has 0 saturated carbocycles. The summed E-state index contributed by atoms with van der Waals surface area (Å²) < 4.78 is 10.4. The van der Waals surface area contributed by atoms with Gasteiger partial charge in [0.15, 0.2) is 0 Å². The fourth-order valence-electron chi connectivity index (χ4n) is 3.71. The zero-order valence-electron chi connectivity index (χ0n) is 16.6. The van der Waals surface area contributed by atoms with Gasteiger partial charge < -0.3 is 34.8 Å². The van der Waals surface area contributed by atoms with E-state index < -0.39 is 24.4 Å². The lowest BCUT2D eigenvalue weighted by Gasteiger charge is -2.36. The topological polar surface area (TPSA) is 112 Å². The Kier molecular flexibility index (Phi) is 7.43. The van der Waals surface area contributed by atoms with Crippen molar-refractivity contribution in [1.82, 2.24) is 10.2 Å². The Hall–Kier alpha value is -2.20. The predicted molar refractivity (Wildman–Crippen MR) is 105 cm³/mol. The summed E-state index contributed by atoms with van der Waals surface area (Å²) in [5.74, 6) is -0.452. The number of methoxy groups -OCH3 is 1. The average Bonchev–Trinajstić information content (AvgIpc) is 3.01. The molecule has 0 spiro atoms. The number of nitrogens with zero attached hydrogens (tertiary/aromatic N) is 2. The van der Waals surface area contributed by atoms with E-state index in [1.54, 1.807) is 4.90 Å². The number of rotatable bonds is 7. The minimum Gasteiger partial charge on any atom is -0.388 e. The zero-order chi connectivity index (χ0) is 20.8. The molecular weight excluding hydrogens is 378 g/mol. The average molecular weight is 407 g/mol. The number of hydrogen-bond acceptors (Lipinski definition) is 7. The Bertz CT molecular complexity index is 680. The van der Waals surface area contributed by atoms with Crippen molar-refractivity contribution in [3.8, 4) is 0 Å². The fourth-order valence-corrected chi connectivity index (χ4v) is 3.71. The summed E-state index contributed by atoms with van der Waals surface area (Å²) >= 11 is 0. The third-order valence-corrected chi connectivity index (χ3v) is 5.37. The number of carbonyl (C=O) groups excluding carboxylic acids is 2. The van der Waals surface area contributed by atoms with E-state index >= 15 is 0 Å². The molecule has 1 aromatic carbocycles. The summed E-state index contributed by atoms with van der Waals surface area (Å²) in [7, 11) is 1.41. The standard InChI is InChI=1S/C20H29N3O6/c1-28-13-17(24)21-12-16-20(27)19(26)15(29-16)11-18(25)23-9-7-22(8-10-23)14-5-3-2-4-6-14/h2-6,15-16,19-20,26-27H,7-13H2,1H3,(H,21,24)/t15-,16-,19-,20+/m0/s1. The highest BCUT2D eigenvalue weighted by Crippen LogP contribution is 2.24. The van der Waals surface area contributed by atoms with E-state index in [2.05, 4.69) is 10.2 Å². The van der Waals surface area contributed by atoms with E-state index in [1.165, 1.54) is 7.11 Å². The van der Waals surface area contributed by atoms with E-state index in [1.807, 2.05) is 30.3 Å². The predicted octanol–water partition coefficient (Wildman–Crippen LogP) is -1.02. The summed E-state index contributed by atoms with van der Waals surface area (Å²) in [5.41, 5.74) is 1.13. The lowest BCUT2D eigenvalue weighted by Crippen LogP contribution is -2.49. The smallest absolute Gasteiger partial charge is 0.246 e. The van der Waals surface area contributed by atoms with Crippen LogP contribution in [0.2, 0.25) is 0 Å². The normalized spacial score (nSPS) is 27.1. The van der Waals surface area contributed by atoms with Gasteiger partial charge in [-0.1, -0.05) is 18.2 Å². The van der Waals surface area contributed by atoms with Crippen molar-refractivity contribution in [2.24, 2.45) is 0 Å². The Morgan fingerprint density at radius 2 is 1.76 bits per heavy atom. The van der Waals surface area contributed by atoms with Crippen LogP contribution >= 0.6 is 0 Å². The highest BCUT2D eigenvalue weighted by atomic mass is 16.5. The minimum absolute atomic E-state index is 0.00786. The maximum atomic E-state index is 12.7. The van der Waals surface area contributed by atoms with Crippen LogP contribution in [0.1, 0.15) is 6.42 Å². The van der Waals surface area contributed by atoms with Gasteiger partial charge in [-0.15, -0.1) is 0 Å². The number of amides is 2. The number of aliphatic hydroxyl groups excluding tert-OH is 2. The Balaban J connectivity index is 1.46. The van der Waals surface area contributed by atoms with Crippen molar-refractivity contribution in [2.75, 3.05) is 51.3 Å². The van der Waals surface area contributed by atoms with Crippen molar-refractivity contribution in [1.29, 1.82) is 0 Å². The number of para-hydroxylation sites is 1. The molecule has 0 bridgehead atoms. The number of anilines is 1. The first-order valence-electron chi connectivity index (χ1n) is 9.84. The van der Waals surface area contributed by atoms with Gasteiger partial charge in [-0.05, 0) is 12.1 Å². The number of nitrogens with one attached hydrogen (secondary N) is 1.